The Morgan fingerprint density at radius 3 is 2.48 bits per heavy atom. The lowest BCUT2D eigenvalue weighted by Gasteiger charge is -2.06. The van der Waals surface area contributed by atoms with Gasteiger partial charge in [0.05, 0.1) is 12.1 Å². The zero-order valence-electron chi connectivity index (χ0n) is 14.7. The molecular formula is C20H22N2O3. The van der Waals surface area contributed by atoms with Crippen LogP contribution in [-0.2, 0) is 22.6 Å². The van der Waals surface area contributed by atoms with Gasteiger partial charge in [0.2, 0.25) is 0 Å². The summed E-state index contributed by atoms with van der Waals surface area (Å²) in [5.74, 6) is 1.21. The molecule has 3 rings (SSSR count). The first kappa shape index (κ1) is 17.0. The standard InChI is InChI=1S/C20H22N2O3/c1-14(2)20-21-15(3)18(25-20)13-24-19(23)12-16-6-8-17(9-7-16)22-10-4-5-11-22/h4-11,14H,12-13H2,1-3H3. The van der Waals surface area contributed by atoms with Gasteiger partial charge in [-0.3, -0.25) is 4.79 Å². The number of aryl methyl sites for hydroxylation is 1. The van der Waals surface area contributed by atoms with Crippen LogP contribution < -0.4 is 0 Å². The fourth-order valence-electron chi connectivity index (χ4n) is 2.49. The summed E-state index contributed by atoms with van der Waals surface area (Å²) in [5, 5.41) is 0. The molecule has 3 aromatic rings. The highest BCUT2D eigenvalue weighted by Crippen LogP contribution is 2.18. The number of oxazole rings is 1. The second-order valence-electron chi connectivity index (χ2n) is 6.31. The molecule has 0 amide bonds. The van der Waals surface area contributed by atoms with E-state index in [2.05, 4.69) is 4.98 Å². The van der Waals surface area contributed by atoms with E-state index < -0.39 is 0 Å². The van der Waals surface area contributed by atoms with Crippen molar-refractivity contribution in [3.8, 4) is 5.69 Å². The van der Waals surface area contributed by atoms with Crippen molar-refractivity contribution < 1.29 is 13.9 Å². The molecular weight excluding hydrogens is 316 g/mol. The largest absolute Gasteiger partial charge is 0.457 e. The van der Waals surface area contributed by atoms with E-state index in [1.807, 2.05) is 74.1 Å². The Hall–Kier alpha value is -2.82. The average molecular weight is 338 g/mol. The SMILES string of the molecule is Cc1nc(C(C)C)oc1COC(=O)Cc1ccc(-n2cccc2)cc1. The van der Waals surface area contributed by atoms with Crippen LogP contribution in [0.3, 0.4) is 0 Å². The number of carbonyl (C=O) groups excluding carboxylic acids is 1. The maximum Gasteiger partial charge on any atom is 0.310 e. The molecule has 0 unspecified atom stereocenters. The van der Waals surface area contributed by atoms with Crippen molar-refractivity contribution in [3.63, 3.8) is 0 Å². The highest BCUT2D eigenvalue weighted by Gasteiger charge is 2.14. The first-order chi connectivity index (χ1) is 12.0. The third kappa shape index (κ3) is 4.18. The first-order valence-corrected chi connectivity index (χ1v) is 8.37. The van der Waals surface area contributed by atoms with Crippen LogP contribution in [-0.4, -0.2) is 15.5 Å². The predicted molar refractivity (Wildman–Crippen MR) is 94.6 cm³/mol. The summed E-state index contributed by atoms with van der Waals surface area (Å²) in [7, 11) is 0. The Bertz CT molecular complexity index is 830. The highest BCUT2D eigenvalue weighted by molar-refractivity contribution is 5.72. The molecule has 5 heteroatoms. The third-order valence-corrected chi connectivity index (χ3v) is 3.95. The number of hydrogen-bond acceptors (Lipinski definition) is 4. The zero-order valence-corrected chi connectivity index (χ0v) is 14.7. The number of ether oxygens (including phenoxy) is 1. The summed E-state index contributed by atoms with van der Waals surface area (Å²) in [6, 6.07) is 11.8. The van der Waals surface area contributed by atoms with Crippen LogP contribution in [0.4, 0.5) is 0 Å². The van der Waals surface area contributed by atoms with Crippen LogP contribution in [0.5, 0.6) is 0 Å². The molecule has 0 saturated carbocycles. The molecule has 1 aromatic carbocycles. The van der Waals surface area contributed by atoms with E-state index in [0.29, 0.717) is 11.7 Å². The van der Waals surface area contributed by atoms with E-state index in [4.69, 9.17) is 9.15 Å². The van der Waals surface area contributed by atoms with Gasteiger partial charge in [-0.2, -0.15) is 0 Å². The highest BCUT2D eigenvalue weighted by atomic mass is 16.5. The van der Waals surface area contributed by atoms with Crippen molar-refractivity contribution in [2.24, 2.45) is 0 Å². The lowest BCUT2D eigenvalue weighted by Crippen LogP contribution is -2.08. The predicted octanol–water partition coefficient (Wildman–Crippen LogP) is 4.18. The number of aromatic nitrogens is 2. The molecule has 0 saturated heterocycles. The van der Waals surface area contributed by atoms with Gasteiger partial charge in [-0.1, -0.05) is 26.0 Å². The first-order valence-electron chi connectivity index (χ1n) is 8.37. The third-order valence-electron chi connectivity index (χ3n) is 3.95. The van der Waals surface area contributed by atoms with Crippen LogP contribution in [0.25, 0.3) is 5.69 Å². The second kappa shape index (κ2) is 7.38. The van der Waals surface area contributed by atoms with E-state index in [9.17, 15) is 4.79 Å². The molecule has 0 fully saturated rings. The van der Waals surface area contributed by atoms with Crippen molar-refractivity contribution >= 4 is 5.97 Å². The Balaban J connectivity index is 1.56. The molecule has 2 aromatic heterocycles. The van der Waals surface area contributed by atoms with E-state index in [-0.39, 0.29) is 24.9 Å². The Morgan fingerprint density at radius 1 is 1.20 bits per heavy atom. The van der Waals surface area contributed by atoms with Crippen molar-refractivity contribution in [3.05, 3.63) is 71.7 Å². The lowest BCUT2D eigenvalue weighted by atomic mass is 10.1. The monoisotopic (exact) mass is 338 g/mol. The summed E-state index contributed by atoms with van der Waals surface area (Å²) in [4.78, 5) is 16.4. The van der Waals surface area contributed by atoms with Gasteiger partial charge in [0.1, 0.15) is 0 Å². The molecule has 130 valence electrons. The van der Waals surface area contributed by atoms with Crippen LogP contribution in [0, 0.1) is 6.92 Å². The average Bonchev–Trinajstić information content (AvgIpc) is 3.23. The van der Waals surface area contributed by atoms with E-state index >= 15 is 0 Å². The summed E-state index contributed by atoms with van der Waals surface area (Å²) >= 11 is 0. The van der Waals surface area contributed by atoms with Gasteiger partial charge >= 0.3 is 5.97 Å². The van der Waals surface area contributed by atoms with Crippen molar-refractivity contribution in [2.75, 3.05) is 0 Å². The molecule has 0 N–H and O–H groups in total. The van der Waals surface area contributed by atoms with Gasteiger partial charge in [-0.15, -0.1) is 0 Å². The summed E-state index contributed by atoms with van der Waals surface area (Å²) < 4.78 is 13.0. The summed E-state index contributed by atoms with van der Waals surface area (Å²) in [5.41, 5.74) is 2.74. The summed E-state index contributed by atoms with van der Waals surface area (Å²) in [6.45, 7) is 6.00. The molecule has 25 heavy (non-hydrogen) atoms. The number of nitrogens with zero attached hydrogens (tertiary/aromatic N) is 2. The van der Waals surface area contributed by atoms with Gasteiger partial charge in [0, 0.05) is 24.0 Å². The fraction of sp³-hybridized carbons (Fsp3) is 0.300. The molecule has 0 aliphatic rings. The van der Waals surface area contributed by atoms with Crippen LogP contribution >= 0.6 is 0 Å². The minimum absolute atomic E-state index is 0.117. The molecule has 2 heterocycles. The number of esters is 1. The Morgan fingerprint density at radius 2 is 1.88 bits per heavy atom. The molecule has 0 aliphatic heterocycles. The Labute approximate surface area is 147 Å². The Kier molecular flexibility index (Phi) is 5.03. The van der Waals surface area contributed by atoms with Crippen molar-refractivity contribution in [2.45, 2.75) is 39.7 Å². The van der Waals surface area contributed by atoms with Gasteiger partial charge in [-0.25, -0.2) is 4.98 Å². The molecule has 0 atom stereocenters. The topological polar surface area (TPSA) is 57.3 Å². The van der Waals surface area contributed by atoms with E-state index in [1.54, 1.807) is 0 Å². The van der Waals surface area contributed by atoms with Crippen LogP contribution in [0.15, 0.2) is 53.2 Å². The maximum atomic E-state index is 12.1. The number of benzene rings is 1. The number of hydrogen-bond donors (Lipinski definition) is 0. The number of rotatable bonds is 6. The molecule has 0 spiro atoms. The quantitative estimate of drug-likeness (QED) is 0.633. The molecule has 0 bridgehead atoms. The van der Waals surface area contributed by atoms with E-state index in [0.717, 1.165) is 16.9 Å². The maximum absolute atomic E-state index is 12.1. The number of carbonyl (C=O) groups is 1. The van der Waals surface area contributed by atoms with Gasteiger partial charge in [0.25, 0.3) is 0 Å². The fourth-order valence-corrected chi connectivity index (χ4v) is 2.49. The molecule has 0 aliphatic carbocycles. The van der Waals surface area contributed by atoms with E-state index in [1.165, 1.54) is 0 Å². The van der Waals surface area contributed by atoms with Crippen LogP contribution in [0.1, 0.15) is 42.7 Å². The normalized spacial score (nSPS) is 11.0. The van der Waals surface area contributed by atoms with Crippen molar-refractivity contribution in [1.29, 1.82) is 0 Å². The van der Waals surface area contributed by atoms with Crippen LogP contribution in [0.2, 0.25) is 0 Å². The smallest absolute Gasteiger partial charge is 0.310 e. The summed E-state index contributed by atoms with van der Waals surface area (Å²) in [6.07, 6.45) is 4.19. The minimum Gasteiger partial charge on any atom is -0.457 e. The van der Waals surface area contributed by atoms with Gasteiger partial charge in [-0.05, 0) is 36.8 Å². The lowest BCUT2D eigenvalue weighted by molar-refractivity contribution is -0.144. The minimum atomic E-state index is -0.282. The second-order valence-corrected chi connectivity index (χ2v) is 6.31. The van der Waals surface area contributed by atoms with Gasteiger partial charge < -0.3 is 13.7 Å². The van der Waals surface area contributed by atoms with Crippen molar-refractivity contribution in [1.82, 2.24) is 9.55 Å². The molecule has 0 radical (unpaired) electrons. The van der Waals surface area contributed by atoms with Gasteiger partial charge in [0.15, 0.2) is 18.3 Å². The zero-order chi connectivity index (χ0) is 17.8. The molecule has 5 nitrogen and oxygen atoms in total.